The summed E-state index contributed by atoms with van der Waals surface area (Å²) in [7, 11) is 0. The zero-order chi connectivity index (χ0) is 98.2. The van der Waals surface area contributed by atoms with Crippen LogP contribution in [-0.2, 0) is 114 Å². The maximum absolute atomic E-state index is 13.3. The maximum atomic E-state index is 13.3. The van der Waals surface area contributed by atoms with E-state index >= 15 is 0 Å². The van der Waals surface area contributed by atoms with Gasteiger partial charge in [-0.15, -0.1) is 0 Å². The number of nitrogens with one attached hydrogen (secondary N) is 4. The van der Waals surface area contributed by atoms with Crippen LogP contribution in [0, 0.1) is 0 Å². The van der Waals surface area contributed by atoms with E-state index in [4.69, 9.17) is 94.7 Å². The van der Waals surface area contributed by atoms with Gasteiger partial charge in [0.25, 0.3) is 0 Å². The molecule has 0 aliphatic carbocycles. The van der Waals surface area contributed by atoms with Gasteiger partial charge in [0.2, 0.25) is 23.6 Å². The topological polar surface area (TPSA) is 928 Å². The largest absolute Gasteiger partial charge is 0.394 e. The quantitative estimate of drug-likeness (QED) is 0.0273. The van der Waals surface area contributed by atoms with Crippen LogP contribution in [0.25, 0.3) is 0 Å². The molecule has 0 aromatic heterocycles. The van der Waals surface area contributed by atoms with E-state index < -0.39 is 428 Å². The van der Waals surface area contributed by atoms with Crippen LogP contribution in [-0.4, -0.2) is 586 Å². The second kappa shape index (κ2) is 49.0. The third-order valence-electron chi connectivity index (χ3n) is 24.2. The number of carbonyl (C=O) groups is 4. The Morgan fingerprint density at radius 3 is 0.970 bits per heavy atom. The van der Waals surface area contributed by atoms with Gasteiger partial charge in [0.15, 0.2) is 62.9 Å². The second-order valence-electron chi connectivity index (χ2n) is 33.6. The molecule has 10 aliphatic rings. The smallest absolute Gasteiger partial charge is 0.217 e. The lowest BCUT2D eigenvalue weighted by molar-refractivity contribution is -0.399. The molecule has 10 fully saturated rings. The van der Waals surface area contributed by atoms with Crippen molar-refractivity contribution in [1.82, 2.24) is 21.3 Å². The highest BCUT2D eigenvalue weighted by atomic mass is 16.8. The van der Waals surface area contributed by atoms with Crippen molar-refractivity contribution < 1.29 is 272 Å². The van der Waals surface area contributed by atoms with Crippen LogP contribution in [0.2, 0.25) is 0 Å². The Morgan fingerprint density at radius 1 is 0.278 bits per heavy atom. The van der Waals surface area contributed by atoms with Gasteiger partial charge in [0, 0.05) is 27.7 Å². The first kappa shape index (κ1) is 111. The zero-order valence-electron chi connectivity index (χ0n) is 71.6. The highest BCUT2D eigenvalue weighted by Gasteiger charge is 2.62. The number of carbonyl (C=O) groups excluding carboxylic acids is 4. The molecule has 0 unspecified atom stereocenters. The van der Waals surface area contributed by atoms with Crippen molar-refractivity contribution in [3.8, 4) is 0 Å². The summed E-state index contributed by atoms with van der Waals surface area (Å²) in [5, 5.41) is 356. The molecule has 0 aromatic rings. The number of hydrogen-bond donors (Lipinski definition) is 35. The number of ether oxygens (including phenoxy) is 20. The van der Waals surface area contributed by atoms with Gasteiger partial charge < -0.3 is 274 Å². The van der Waals surface area contributed by atoms with Gasteiger partial charge in [-0.25, -0.2) is 0 Å². The molecule has 10 aliphatic heterocycles. The molecule has 10 rings (SSSR count). The first-order valence-electron chi connectivity index (χ1n) is 42.4. The fourth-order valence-electron chi connectivity index (χ4n) is 16.9. The Bertz CT molecular complexity index is 3580. The molecule has 54 atom stereocenters. The van der Waals surface area contributed by atoms with Crippen molar-refractivity contribution in [2.75, 3.05) is 72.7 Å². The van der Waals surface area contributed by atoms with Crippen LogP contribution < -0.4 is 21.3 Å². The predicted octanol–water partition coefficient (Wildman–Crippen LogP) is -23.7. The molecule has 4 amide bonds. The zero-order valence-corrected chi connectivity index (χ0v) is 71.6. The van der Waals surface area contributed by atoms with E-state index in [0.29, 0.717) is 0 Å². The summed E-state index contributed by atoms with van der Waals surface area (Å²) in [4.78, 5) is 51.9. The normalized spacial score (nSPS) is 47.6. The molecule has 59 heteroatoms. The Hall–Kier alpha value is -4.16. The molecule has 133 heavy (non-hydrogen) atoms. The third kappa shape index (κ3) is 25.1. The molecular weight excluding hydrogens is 1820 g/mol. The van der Waals surface area contributed by atoms with E-state index in [0.717, 1.165) is 27.7 Å². The van der Waals surface area contributed by atoms with Crippen LogP contribution in [0.5, 0.6) is 0 Å². The number of aliphatic hydroxyl groups is 31. The van der Waals surface area contributed by atoms with Gasteiger partial charge in [0.05, 0.1) is 84.8 Å². The van der Waals surface area contributed by atoms with Crippen LogP contribution in [0.1, 0.15) is 34.6 Å². The third-order valence-corrected chi connectivity index (χ3v) is 24.2. The van der Waals surface area contributed by atoms with E-state index in [2.05, 4.69) is 21.3 Å². The van der Waals surface area contributed by atoms with Gasteiger partial charge in [-0.2, -0.15) is 0 Å². The molecule has 10 heterocycles. The van der Waals surface area contributed by atoms with Crippen LogP contribution in [0.15, 0.2) is 0 Å². The maximum Gasteiger partial charge on any atom is 0.217 e. The highest BCUT2D eigenvalue weighted by Crippen LogP contribution is 2.41. The molecule has 0 radical (unpaired) electrons. The number of amides is 4. The van der Waals surface area contributed by atoms with Gasteiger partial charge in [-0.3, -0.25) is 19.2 Å². The molecule has 35 N–H and O–H groups in total. The first-order chi connectivity index (χ1) is 62.9. The molecule has 0 saturated carbocycles. The molecule has 59 nitrogen and oxygen atoms in total. The SMILES string of the molecule is CC(=O)N[C@H]1[C@H](O[C@@H]([C@H](O)[C@H](CO)NC(C)=O)[C@H](O)CO[C@@H]2O[C@@H](C)[C@@H](O)[C@@H](O)[C@@H]2O)O[C@H](CO)[C@@H](O[C@@H]2O[C@H](CO[C@H]3O[C@H](CO)[C@@H](O)[C@H](O)[C@@H]3O[C@@H]3O[C@H](CO)[C@@H](O[C@@H]4O[C@H](CO)[C@H](O)[C@H](O[C@H]5O[C@H](CO)[C@H](O)[C@H](O)[C@H]5O)[C@H]4O)[C@H](O)[C@H]3NC(C)=O)[C@@H](O)[C@H](O[C@H]3O[C@H](CO)[C@@H](O)[C@H](O)[C@@H]3O[C@@H]3O[C@H](CO)[C@@H](O[C@@H]4O[C@H](CO)[C@H](O)[C@H](O)[C@H]4O)[C@H](O)[C@H]3NC(C)=O)[C@@H]2O)[C@@H]1O. The summed E-state index contributed by atoms with van der Waals surface area (Å²) >= 11 is 0. The van der Waals surface area contributed by atoms with Crippen molar-refractivity contribution in [1.29, 1.82) is 0 Å². The van der Waals surface area contributed by atoms with Crippen LogP contribution in [0.3, 0.4) is 0 Å². The van der Waals surface area contributed by atoms with Crippen molar-refractivity contribution in [3.05, 3.63) is 0 Å². The minimum Gasteiger partial charge on any atom is -0.394 e. The summed E-state index contributed by atoms with van der Waals surface area (Å²) in [6, 6.07) is -7.94. The lowest BCUT2D eigenvalue weighted by atomic mass is 9.94. The monoisotopic (exact) mass is 1950 g/mol. The van der Waals surface area contributed by atoms with Crippen LogP contribution >= 0.6 is 0 Å². The fraction of sp³-hybridized carbons (Fsp3) is 0.946. The van der Waals surface area contributed by atoms with E-state index in [9.17, 15) is 177 Å². The standard InChI is InChI=1S/C74H126N4O55/c1-17-36(93)47(104)52(109)68(116-17)114-15-23(92)57(37(94)22(6-79)75-18(2)88)126-65-33(76-19(3)89)44(101)60(30(13-86)122-65)129-72-56(113)62(131-74-64(51(108)41(98)27(10-83)121-74)133-67-35(78-21(5)91)45(102)58(29(12-85)124-67)127-69-53(110)48(105)38(95)24(7-80)117-69)43(100)32(125-72)16-115-73-63(50(107)40(97)26(9-82)120-73)132-66-34(77-20(4)90)46(103)59(31(14-87)123-66)128-71-55(112)61(42(99)28(11-84)119-71)130-70-54(111)49(106)39(96)25(8-81)118-70/h17,22-74,79-87,92-113H,6-16H2,1-5H3,(H,75,88)(H,76,89)(H,77,90)(H,78,91)/t17-,22-,23+,24+,25+,26+,27+,28+,29+,30+,31+,32+,33+,34+,35+,36+,37+,38-,39-,40+,41+,42-,43+,44+,45+,46+,47+,48-,49-,50-,51-,52-,53+,54+,55+,56-,57+,58+,59+,60+,61-,62-,63-,64-,65-,66-,67-,68+,69-,70+,71-,72-,73-,74+/m0/s1. The van der Waals surface area contributed by atoms with Crippen molar-refractivity contribution in [2.45, 2.75) is 366 Å². The molecular formula is C74H126N4O55. The van der Waals surface area contributed by atoms with E-state index in [1.165, 1.54) is 6.92 Å². The fourth-order valence-corrected chi connectivity index (χ4v) is 16.9. The average molecular weight is 1950 g/mol. The Labute approximate surface area is 753 Å². The van der Waals surface area contributed by atoms with Gasteiger partial charge in [0.1, 0.15) is 256 Å². The summed E-state index contributed by atoms with van der Waals surface area (Å²) in [5.74, 6) is -3.95. The molecule has 0 bridgehead atoms. The predicted molar refractivity (Wildman–Crippen MR) is 410 cm³/mol. The van der Waals surface area contributed by atoms with Crippen molar-refractivity contribution in [3.63, 3.8) is 0 Å². The minimum absolute atomic E-state index is 0.874. The van der Waals surface area contributed by atoms with Crippen molar-refractivity contribution in [2.24, 2.45) is 0 Å². The van der Waals surface area contributed by atoms with Crippen LogP contribution in [0.4, 0.5) is 0 Å². The van der Waals surface area contributed by atoms with Gasteiger partial charge in [-0.1, -0.05) is 0 Å². The van der Waals surface area contributed by atoms with Gasteiger partial charge in [-0.05, 0) is 6.92 Å². The summed E-state index contributed by atoms with van der Waals surface area (Å²) < 4.78 is 118. The average Bonchev–Trinajstić information content (AvgIpc) is 0.768. The second-order valence-corrected chi connectivity index (χ2v) is 33.6. The van der Waals surface area contributed by atoms with E-state index in [-0.39, 0.29) is 0 Å². The summed E-state index contributed by atoms with van der Waals surface area (Å²) in [6.45, 7) is -7.81. The number of aliphatic hydroxyl groups excluding tert-OH is 31. The van der Waals surface area contributed by atoms with Gasteiger partial charge >= 0.3 is 0 Å². The highest BCUT2D eigenvalue weighted by molar-refractivity contribution is 5.74. The minimum atomic E-state index is -2.68. The van der Waals surface area contributed by atoms with E-state index in [1.807, 2.05) is 0 Å². The Morgan fingerprint density at radius 2 is 0.579 bits per heavy atom. The first-order valence-corrected chi connectivity index (χ1v) is 42.4. The Balaban J connectivity index is 0.981. The molecule has 0 spiro atoms. The van der Waals surface area contributed by atoms with Crippen molar-refractivity contribution >= 4 is 23.6 Å². The lowest BCUT2D eigenvalue weighted by Gasteiger charge is -2.51. The lowest BCUT2D eigenvalue weighted by Crippen LogP contribution is -2.70. The number of hydrogen-bond acceptors (Lipinski definition) is 55. The molecule has 772 valence electrons. The Kier molecular flexibility index (Phi) is 40.8. The summed E-state index contributed by atoms with van der Waals surface area (Å²) in [5.41, 5.74) is 0. The van der Waals surface area contributed by atoms with E-state index in [1.54, 1.807) is 0 Å². The number of rotatable bonds is 38. The summed E-state index contributed by atoms with van der Waals surface area (Å²) in [6.07, 6.45) is -107. The molecule has 10 saturated heterocycles. The molecule has 0 aromatic carbocycles.